The van der Waals surface area contributed by atoms with Gasteiger partial charge >= 0.3 is 5.97 Å². The fourth-order valence-electron chi connectivity index (χ4n) is 1.10. The Morgan fingerprint density at radius 1 is 1.38 bits per heavy atom. The van der Waals surface area contributed by atoms with E-state index in [2.05, 4.69) is 0 Å². The predicted octanol–water partition coefficient (Wildman–Crippen LogP) is 1.48. The van der Waals surface area contributed by atoms with E-state index in [4.69, 9.17) is 9.84 Å². The number of rotatable bonds is 4. The Labute approximate surface area is 97.6 Å². The first-order chi connectivity index (χ1) is 7.65. The van der Waals surface area contributed by atoms with Crippen LogP contribution >= 0.6 is 11.8 Å². The molecule has 0 saturated heterocycles. The normalized spacial score (nSPS) is 9.88. The van der Waals surface area contributed by atoms with Crippen molar-refractivity contribution in [3.63, 3.8) is 0 Å². The number of thioether (sulfide) groups is 1. The average molecular weight is 240 g/mol. The van der Waals surface area contributed by atoms with Gasteiger partial charge in [0.25, 0.3) is 0 Å². The lowest BCUT2D eigenvalue weighted by atomic mass is 10.2. The number of aliphatic hydroxyl groups is 1. The van der Waals surface area contributed by atoms with E-state index in [-0.39, 0.29) is 17.5 Å². The lowest BCUT2D eigenvalue weighted by molar-refractivity contribution is -0.131. The molecule has 0 heterocycles. The molecule has 0 aliphatic heterocycles. The monoisotopic (exact) mass is 240 g/mol. The molecule has 1 N–H and O–H groups in total. The quantitative estimate of drug-likeness (QED) is 0.638. The Balaban J connectivity index is 2.85. The highest BCUT2D eigenvalue weighted by Gasteiger charge is 2.13. The van der Waals surface area contributed by atoms with Crippen LogP contribution in [0.5, 0.6) is 5.75 Å². The molecular weight excluding hydrogens is 228 g/mol. The van der Waals surface area contributed by atoms with Crippen molar-refractivity contribution in [3.05, 3.63) is 29.8 Å². The Morgan fingerprint density at radius 2 is 2.06 bits per heavy atom. The Kier molecular flexibility index (Phi) is 5.01. The van der Waals surface area contributed by atoms with Gasteiger partial charge in [-0.3, -0.25) is 9.59 Å². The standard InChI is InChI=1S/C11H12O4S/c1-8(13)15-10-5-3-2-4-9(10)11(14)16-7-6-12/h2-5,12H,6-7H2,1H3. The number of para-hydroxylation sites is 1. The summed E-state index contributed by atoms with van der Waals surface area (Å²) >= 11 is 0.991. The smallest absolute Gasteiger partial charge is 0.308 e. The van der Waals surface area contributed by atoms with Crippen molar-refractivity contribution in [2.45, 2.75) is 6.92 Å². The van der Waals surface area contributed by atoms with Crippen molar-refractivity contribution in [2.24, 2.45) is 0 Å². The molecular formula is C11H12O4S. The number of ether oxygens (including phenoxy) is 1. The van der Waals surface area contributed by atoms with Crippen LogP contribution in [-0.2, 0) is 4.79 Å². The second-order valence-electron chi connectivity index (χ2n) is 2.95. The van der Waals surface area contributed by atoms with Gasteiger partial charge in [0.05, 0.1) is 12.2 Å². The van der Waals surface area contributed by atoms with Gasteiger partial charge in [0, 0.05) is 12.7 Å². The molecule has 86 valence electrons. The highest BCUT2D eigenvalue weighted by molar-refractivity contribution is 8.14. The number of hydrogen-bond donors (Lipinski definition) is 1. The van der Waals surface area contributed by atoms with E-state index < -0.39 is 5.97 Å². The average Bonchev–Trinajstić information content (AvgIpc) is 2.26. The molecule has 1 rings (SSSR count). The van der Waals surface area contributed by atoms with E-state index in [1.807, 2.05) is 0 Å². The summed E-state index contributed by atoms with van der Waals surface area (Å²) < 4.78 is 4.91. The van der Waals surface area contributed by atoms with Crippen molar-refractivity contribution in [1.82, 2.24) is 0 Å². The van der Waals surface area contributed by atoms with E-state index in [0.717, 1.165) is 11.8 Å². The molecule has 1 aromatic rings. The fourth-order valence-corrected chi connectivity index (χ4v) is 1.70. The molecule has 1 aromatic carbocycles. The highest BCUT2D eigenvalue weighted by atomic mass is 32.2. The molecule has 0 saturated carbocycles. The Hall–Kier alpha value is -1.33. The van der Waals surface area contributed by atoms with Gasteiger partial charge in [0.1, 0.15) is 5.75 Å². The van der Waals surface area contributed by atoms with Gasteiger partial charge in [-0.05, 0) is 12.1 Å². The molecule has 0 atom stereocenters. The first-order valence-electron chi connectivity index (χ1n) is 4.70. The molecule has 0 radical (unpaired) electrons. The van der Waals surface area contributed by atoms with Gasteiger partial charge in [-0.15, -0.1) is 0 Å². The summed E-state index contributed by atoms with van der Waals surface area (Å²) in [5.41, 5.74) is 0.344. The zero-order valence-electron chi connectivity index (χ0n) is 8.80. The van der Waals surface area contributed by atoms with Crippen LogP contribution in [0.3, 0.4) is 0 Å². The minimum atomic E-state index is -0.465. The van der Waals surface area contributed by atoms with Gasteiger partial charge in [0.2, 0.25) is 5.12 Å². The van der Waals surface area contributed by atoms with Gasteiger partial charge in [0.15, 0.2) is 0 Å². The summed E-state index contributed by atoms with van der Waals surface area (Å²) in [6.45, 7) is 1.22. The highest BCUT2D eigenvalue weighted by Crippen LogP contribution is 2.23. The number of esters is 1. The fraction of sp³-hybridized carbons (Fsp3) is 0.273. The third kappa shape index (κ3) is 3.67. The predicted molar refractivity (Wildman–Crippen MR) is 61.6 cm³/mol. The Morgan fingerprint density at radius 3 is 2.69 bits per heavy atom. The van der Waals surface area contributed by atoms with Gasteiger partial charge in [-0.2, -0.15) is 0 Å². The van der Waals surface area contributed by atoms with Gasteiger partial charge < -0.3 is 9.84 Å². The van der Waals surface area contributed by atoms with E-state index >= 15 is 0 Å². The lowest BCUT2D eigenvalue weighted by Crippen LogP contribution is -2.06. The number of carbonyl (C=O) groups is 2. The maximum atomic E-state index is 11.7. The van der Waals surface area contributed by atoms with Crippen molar-refractivity contribution in [3.8, 4) is 5.75 Å². The third-order valence-corrected chi connectivity index (χ3v) is 2.55. The lowest BCUT2D eigenvalue weighted by Gasteiger charge is -2.06. The van der Waals surface area contributed by atoms with Crippen molar-refractivity contribution < 1.29 is 19.4 Å². The molecule has 4 nitrogen and oxygen atoms in total. The first kappa shape index (κ1) is 12.7. The van der Waals surface area contributed by atoms with Crippen LogP contribution < -0.4 is 4.74 Å². The Bertz CT molecular complexity index is 389. The number of hydrogen-bond acceptors (Lipinski definition) is 5. The minimum absolute atomic E-state index is 0.0634. The summed E-state index contributed by atoms with van der Waals surface area (Å²) in [6, 6.07) is 6.53. The molecule has 16 heavy (non-hydrogen) atoms. The maximum absolute atomic E-state index is 11.7. The van der Waals surface area contributed by atoms with Crippen LogP contribution in [0.1, 0.15) is 17.3 Å². The van der Waals surface area contributed by atoms with Crippen LogP contribution in [0.15, 0.2) is 24.3 Å². The SMILES string of the molecule is CC(=O)Oc1ccccc1C(=O)SCCO. The molecule has 0 aliphatic carbocycles. The molecule has 0 bridgehead atoms. The molecule has 0 fully saturated rings. The first-order valence-corrected chi connectivity index (χ1v) is 5.69. The summed E-state index contributed by atoms with van der Waals surface area (Å²) in [5.74, 6) is 0.116. The van der Waals surface area contributed by atoms with E-state index in [1.165, 1.54) is 6.92 Å². The molecule has 0 aliphatic rings. The largest absolute Gasteiger partial charge is 0.426 e. The number of aliphatic hydroxyl groups excluding tert-OH is 1. The minimum Gasteiger partial charge on any atom is -0.426 e. The topological polar surface area (TPSA) is 63.6 Å². The summed E-state index contributed by atoms with van der Waals surface area (Å²) in [4.78, 5) is 22.5. The molecule has 0 unspecified atom stereocenters. The van der Waals surface area contributed by atoms with Crippen molar-refractivity contribution in [2.75, 3.05) is 12.4 Å². The van der Waals surface area contributed by atoms with Crippen LogP contribution in [0.2, 0.25) is 0 Å². The van der Waals surface area contributed by atoms with Crippen LogP contribution in [0.4, 0.5) is 0 Å². The van der Waals surface area contributed by atoms with E-state index in [1.54, 1.807) is 24.3 Å². The van der Waals surface area contributed by atoms with Crippen LogP contribution in [0, 0.1) is 0 Å². The summed E-state index contributed by atoms with van der Waals surface area (Å²) in [6.07, 6.45) is 0. The zero-order chi connectivity index (χ0) is 12.0. The maximum Gasteiger partial charge on any atom is 0.308 e. The van der Waals surface area contributed by atoms with Crippen LogP contribution in [-0.4, -0.2) is 28.6 Å². The number of carbonyl (C=O) groups excluding carboxylic acids is 2. The molecule has 5 heteroatoms. The summed E-state index contributed by atoms with van der Waals surface area (Å²) in [5, 5.41) is 8.40. The van der Waals surface area contributed by atoms with E-state index in [0.29, 0.717) is 11.3 Å². The molecule has 0 aromatic heterocycles. The van der Waals surface area contributed by atoms with Gasteiger partial charge in [-0.25, -0.2) is 0 Å². The molecule has 0 spiro atoms. The summed E-state index contributed by atoms with van der Waals surface area (Å²) in [7, 11) is 0. The second kappa shape index (κ2) is 6.30. The van der Waals surface area contributed by atoms with Gasteiger partial charge in [-0.1, -0.05) is 23.9 Å². The van der Waals surface area contributed by atoms with Crippen LogP contribution in [0.25, 0.3) is 0 Å². The van der Waals surface area contributed by atoms with E-state index in [9.17, 15) is 9.59 Å². The third-order valence-electron chi connectivity index (χ3n) is 1.69. The van der Waals surface area contributed by atoms with Crippen molar-refractivity contribution in [1.29, 1.82) is 0 Å². The zero-order valence-corrected chi connectivity index (χ0v) is 9.62. The second-order valence-corrected chi connectivity index (χ2v) is 4.02. The number of benzene rings is 1. The van der Waals surface area contributed by atoms with Crippen molar-refractivity contribution >= 4 is 22.8 Å². The molecule has 0 amide bonds.